The summed E-state index contributed by atoms with van der Waals surface area (Å²) in [6, 6.07) is 9.71. The van der Waals surface area contributed by atoms with Gasteiger partial charge in [0.05, 0.1) is 17.6 Å². The van der Waals surface area contributed by atoms with E-state index in [1.807, 2.05) is 18.2 Å². The van der Waals surface area contributed by atoms with Gasteiger partial charge in [0.15, 0.2) is 0 Å². The van der Waals surface area contributed by atoms with Crippen LogP contribution in [0.15, 0.2) is 24.3 Å². The van der Waals surface area contributed by atoms with Crippen LogP contribution in [0.4, 0.5) is 0 Å². The molecule has 0 saturated carbocycles. The predicted octanol–water partition coefficient (Wildman–Crippen LogP) is 2.35. The summed E-state index contributed by atoms with van der Waals surface area (Å²) >= 11 is 0. The van der Waals surface area contributed by atoms with E-state index in [1.165, 1.54) is 0 Å². The standard InChI is InChI=1S/C16H20N2O2/c1-11(2)14-9-18(10-15(14)16(19)20)8-13-6-4-3-5-12(13)7-17/h3-6,11,14-15H,8-10H2,1-2H3,(H,19,20)/t14-,15+/m0/s1. The smallest absolute Gasteiger partial charge is 0.308 e. The Morgan fingerprint density at radius 1 is 1.45 bits per heavy atom. The Morgan fingerprint density at radius 3 is 2.70 bits per heavy atom. The van der Waals surface area contributed by atoms with E-state index in [2.05, 4.69) is 24.8 Å². The lowest BCUT2D eigenvalue weighted by Crippen LogP contribution is -2.25. The highest BCUT2D eigenvalue weighted by atomic mass is 16.4. The molecule has 1 aliphatic heterocycles. The number of hydrogen-bond acceptors (Lipinski definition) is 3. The van der Waals surface area contributed by atoms with Crippen molar-refractivity contribution in [2.45, 2.75) is 20.4 Å². The molecule has 1 aromatic carbocycles. The van der Waals surface area contributed by atoms with Crippen molar-refractivity contribution in [3.8, 4) is 6.07 Å². The fourth-order valence-electron chi connectivity index (χ4n) is 2.99. The lowest BCUT2D eigenvalue weighted by molar-refractivity contribution is -0.143. The molecule has 1 heterocycles. The zero-order valence-electron chi connectivity index (χ0n) is 11.9. The van der Waals surface area contributed by atoms with Gasteiger partial charge in [-0.3, -0.25) is 9.69 Å². The van der Waals surface area contributed by atoms with Crippen LogP contribution in [-0.4, -0.2) is 29.1 Å². The van der Waals surface area contributed by atoms with Crippen LogP contribution in [0.25, 0.3) is 0 Å². The topological polar surface area (TPSA) is 64.3 Å². The first-order chi connectivity index (χ1) is 9.52. The first kappa shape index (κ1) is 14.5. The van der Waals surface area contributed by atoms with E-state index < -0.39 is 5.97 Å². The molecule has 0 bridgehead atoms. The van der Waals surface area contributed by atoms with Crippen molar-refractivity contribution in [2.24, 2.45) is 17.8 Å². The Hall–Kier alpha value is -1.86. The molecule has 1 N–H and O–H groups in total. The van der Waals surface area contributed by atoms with Crippen LogP contribution in [0.3, 0.4) is 0 Å². The highest BCUT2D eigenvalue weighted by molar-refractivity contribution is 5.71. The van der Waals surface area contributed by atoms with Crippen molar-refractivity contribution in [1.82, 2.24) is 4.90 Å². The number of hydrogen-bond donors (Lipinski definition) is 1. The van der Waals surface area contributed by atoms with Crippen LogP contribution >= 0.6 is 0 Å². The number of carboxylic acids is 1. The molecular weight excluding hydrogens is 252 g/mol. The van der Waals surface area contributed by atoms with Crippen LogP contribution in [0.1, 0.15) is 25.0 Å². The molecule has 1 aromatic rings. The van der Waals surface area contributed by atoms with Gasteiger partial charge in [-0.05, 0) is 23.5 Å². The van der Waals surface area contributed by atoms with Gasteiger partial charge in [-0.2, -0.15) is 5.26 Å². The minimum Gasteiger partial charge on any atom is -0.481 e. The lowest BCUT2D eigenvalue weighted by Gasteiger charge is -2.19. The summed E-state index contributed by atoms with van der Waals surface area (Å²) in [5, 5.41) is 18.4. The van der Waals surface area contributed by atoms with Gasteiger partial charge < -0.3 is 5.11 Å². The van der Waals surface area contributed by atoms with E-state index in [1.54, 1.807) is 6.07 Å². The van der Waals surface area contributed by atoms with Crippen molar-refractivity contribution in [2.75, 3.05) is 13.1 Å². The van der Waals surface area contributed by atoms with Crippen molar-refractivity contribution in [1.29, 1.82) is 5.26 Å². The van der Waals surface area contributed by atoms with Crippen LogP contribution in [0.2, 0.25) is 0 Å². The van der Waals surface area contributed by atoms with E-state index in [-0.39, 0.29) is 11.8 Å². The summed E-state index contributed by atoms with van der Waals surface area (Å²) in [5.74, 6) is -0.474. The first-order valence-corrected chi connectivity index (χ1v) is 6.96. The van der Waals surface area contributed by atoms with Gasteiger partial charge in [0.25, 0.3) is 0 Å². The van der Waals surface area contributed by atoms with Crippen LogP contribution in [0, 0.1) is 29.1 Å². The molecule has 4 heteroatoms. The Balaban J connectivity index is 2.12. The Kier molecular flexibility index (Phi) is 4.41. The van der Waals surface area contributed by atoms with Crippen LogP contribution < -0.4 is 0 Å². The summed E-state index contributed by atoms with van der Waals surface area (Å²) in [6.45, 7) is 6.16. The minimum atomic E-state index is -0.709. The molecule has 0 unspecified atom stereocenters. The molecule has 106 valence electrons. The zero-order valence-corrected chi connectivity index (χ0v) is 11.9. The van der Waals surface area contributed by atoms with Crippen molar-refractivity contribution < 1.29 is 9.90 Å². The van der Waals surface area contributed by atoms with Crippen molar-refractivity contribution in [3.05, 3.63) is 35.4 Å². The quantitative estimate of drug-likeness (QED) is 0.913. The normalized spacial score (nSPS) is 22.9. The van der Waals surface area contributed by atoms with Crippen LogP contribution in [0.5, 0.6) is 0 Å². The van der Waals surface area contributed by atoms with E-state index in [4.69, 9.17) is 5.26 Å². The number of likely N-dealkylation sites (tertiary alicyclic amines) is 1. The Labute approximate surface area is 119 Å². The first-order valence-electron chi connectivity index (χ1n) is 6.96. The molecule has 0 aromatic heterocycles. The molecular formula is C16H20N2O2. The van der Waals surface area contributed by atoms with Gasteiger partial charge >= 0.3 is 5.97 Å². The van der Waals surface area contributed by atoms with Crippen molar-refractivity contribution in [3.63, 3.8) is 0 Å². The average molecular weight is 272 g/mol. The van der Waals surface area contributed by atoms with Gasteiger partial charge in [0, 0.05) is 19.6 Å². The summed E-state index contributed by atoms with van der Waals surface area (Å²) in [6.07, 6.45) is 0. The minimum absolute atomic E-state index is 0.182. The number of benzene rings is 1. The predicted molar refractivity (Wildman–Crippen MR) is 75.9 cm³/mol. The second-order valence-corrected chi connectivity index (χ2v) is 5.82. The molecule has 20 heavy (non-hydrogen) atoms. The molecule has 0 radical (unpaired) electrons. The third-order valence-electron chi connectivity index (χ3n) is 4.15. The average Bonchev–Trinajstić information content (AvgIpc) is 2.84. The molecule has 2 atom stereocenters. The summed E-state index contributed by atoms with van der Waals surface area (Å²) < 4.78 is 0. The third kappa shape index (κ3) is 3.00. The Morgan fingerprint density at radius 2 is 2.15 bits per heavy atom. The van der Waals surface area contributed by atoms with Gasteiger partial charge in [-0.1, -0.05) is 32.0 Å². The number of nitriles is 1. The van der Waals surface area contributed by atoms with E-state index in [0.29, 0.717) is 24.6 Å². The number of carboxylic acid groups (broad SMARTS) is 1. The van der Waals surface area contributed by atoms with Crippen LogP contribution in [-0.2, 0) is 11.3 Å². The molecule has 2 rings (SSSR count). The fraction of sp³-hybridized carbons (Fsp3) is 0.500. The molecule has 1 aliphatic rings. The molecule has 1 fully saturated rings. The molecule has 4 nitrogen and oxygen atoms in total. The van der Waals surface area contributed by atoms with Gasteiger partial charge in [0.2, 0.25) is 0 Å². The maximum absolute atomic E-state index is 11.4. The maximum Gasteiger partial charge on any atom is 0.308 e. The second-order valence-electron chi connectivity index (χ2n) is 5.82. The largest absolute Gasteiger partial charge is 0.481 e. The summed E-state index contributed by atoms with van der Waals surface area (Å²) in [4.78, 5) is 13.5. The maximum atomic E-state index is 11.4. The van der Waals surface area contributed by atoms with E-state index in [9.17, 15) is 9.90 Å². The fourth-order valence-corrected chi connectivity index (χ4v) is 2.99. The SMILES string of the molecule is CC(C)[C@@H]1CN(Cc2ccccc2C#N)C[C@H]1C(=O)O. The molecule has 0 amide bonds. The monoisotopic (exact) mass is 272 g/mol. The van der Waals surface area contributed by atoms with Gasteiger partial charge in [0.1, 0.15) is 0 Å². The summed E-state index contributed by atoms with van der Waals surface area (Å²) in [7, 11) is 0. The summed E-state index contributed by atoms with van der Waals surface area (Å²) in [5.41, 5.74) is 1.65. The van der Waals surface area contributed by atoms with E-state index >= 15 is 0 Å². The number of carbonyl (C=O) groups is 1. The van der Waals surface area contributed by atoms with Gasteiger partial charge in [-0.25, -0.2) is 0 Å². The molecule has 1 saturated heterocycles. The highest BCUT2D eigenvalue weighted by Crippen LogP contribution is 2.31. The zero-order chi connectivity index (χ0) is 14.7. The van der Waals surface area contributed by atoms with Gasteiger partial charge in [-0.15, -0.1) is 0 Å². The lowest BCUT2D eigenvalue weighted by atomic mass is 9.86. The third-order valence-corrected chi connectivity index (χ3v) is 4.15. The molecule has 0 spiro atoms. The Bertz CT molecular complexity index is 534. The number of aliphatic carboxylic acids is 1. The van der Waals surface area contributed by atoms with E-state index in [0.717, 1.165) is 12.1 Å². The highest BCUT2D eigenvalue weighted by Gasteiger charge is 2.39. The number of rotatable bonds is 4. The number of nitrogens with zero attached hydrogens (tertiary/aromatic N) is 2. The van der Waals surface area contributed by atoms with Crippen molar-refractivity contribution >= 4 is 5.97 Å². The second kappa shape index (κ2) is 6.06. The molecule has 0 aliphatic carbocycles.